The molecule has 20 heavy (non-hydrogen) atoms. The first kappa shape index (κ1) is 15.4. The smallest absolute Gasteiger partial charge is 0.131 e. The Balaban J connectivity index is 2.27. The molecule has 0 spiro atoms. The lowest BCUT2D eigenvalue weighted by molar-refractivity contribution is 0.472. The van der Waals surface area contributed by atoms with Crippen molar-refractivity contribution in [2.45, 2.75) is 25.8 Å². The third kappa shape index (κ3) is 4.23. The van der Waals surface area contributed by atoms with Gasteiger partial charge in [-0.2, -0.15) is 0 Å². The molecule has 2 N–H and O–H groups in total. The first-order valence-corrected chi connectivity index (χ1v) is 7.73. The Labute approximate surface area is 133 Å². The topological polar surface area (TPSA) is 35.2 Å². The van der Waals surface area contributed by atoms with Crippen molar-refractivity contribution in [3.05, 3.63) is 57.5 Å². The minimum Gasteiger partial charge on any atom is -0.457 e. The summed E-state index contributed by atoms with van der Waals surface area (Å²) < 4.78 is 6.92. The molecule has 0 aromatic heterocycles. The molecule has 0 bridgehead atoms. The maximum absolute atomic E-state index is 6.04. The van der Waals surface area contributed by atoms with E-state index in [4.69, 9.17) is 22.1 Å². The minimum atomic E-state index is 0.137. The van der Waals surface area contributed by atoms with Gasteiger partial charge < -0.3 is 10.5 Å². The zero-order valence-electron chi connectivity index (χ0n) is 11.3. The molecule has 0 saturated carbocycles. The molecule has 0 aliphatic carbocycles. The van der Waals surface area contributed by atoms with Gasteiger partial charge in [0.2, 0.25) is 0 Å². The van der Waals surface area contributed by atoms with Crippen LogP contribution in [0.3, 0.4) is 0 Å². The van der Waals surface area contributed by atoms with Crippen LogP contribution in [0.1, 0.15) is 18.9 Å². The van der Waals surface area contributed by atoms with Crippen LogP contribution in [0.15, 0.2) is 46.9 Å². The first-order valence-electron chi connectivity index (χ1n) is 6.56. The summed E-state index contributed by atoms with van der Waals surface area (Å²) in [5.74, 6) is 1.53. The first-order chi connectivity index (χ1) is 9.58. The van der Waals surface area contributed by atoms with Crippen LogP contribution >= 0.6 is 27.5 Å². The summed E-state index contributed by atoms with van der Waals surface area (Å²) in [6.45, 7) is 2.08. The molecule has 0 saturated heterocycles. The number of rotatable bonds is 5. The molecule has 0 fully saturated rings. The van der Waals surface area contributed by atoms with Crippen molar-refractivity contribution in [3.8, 4) is 11.5 Å². The lowest BCUT2D eigenvalue weighted by Gasteiger charge is -2.15. The van der Waals surface area contributed by atoms with Gasteiger partial charge in [-0.3, -0.25) is 0 Å². The van der Waals surface area contributed by atoms with Gasteiger partial charge in [-0.1, -0.05) is 46.6 Å². The predicted octanol–water partition coefficient (Wildman–Crippen LogP) is 5.17. The fourth-order valence-electron chi connectivity index (χ4n) is 1.88. The fraction of sp³-hybridized carbons (Fsp3) is 0.250. The molecule has 0 aliphatic rings. The molecule has 2 aromatic carbocycles. The Morgan fingerprint density at radius 2 is 2.05 bits per heavy atom. The van der Waals surface area contributed by atoms with Crippen molar-refractivity contribution in [2.24, 2.45) is 5.73 Å². The molecule has 106 valence electrons. The maximum atomic E-state index is 6.04. The van der Waals surface area contributed by atoms with E-state index in [1.54, 1.807) is 6.07 Å². The monoisotopic (exact) mass is 353 g/mol. The van der Waals surface area contributed by atoms with Crippen molar-refractivity contribution >= 4 is 27.5 Å². The molecule has 1 atom stereocenters. The van der Waals surface area contributed by atoms with Gasteiger partial charge >= 0.3 is 0 Å². The third-order valence-electron chi connectivity index (χ3n) is 3.06. The van der Waals surface area contributed by atoms with Gasteiger partial charge in [-0.25, -0.2) is 0 Å². The van der Waals surface area contributed by atoms with Crippen molar-refractivity contribution in [2.75, 3.05) is 0 Å². The summed E-state index contributed by atoms with van der Waals surface area (Å²) in [4.78, 5) is 0. The lowest BCUT2D eigenvalue weighted by Crippen LogP contribution is -2.21. The van der Waals surface area contributed by atoms with Gasteiger partial charge in [0.1, 0.15) is 11.5 Å². The molecular formula is C16H17BrClNO. The van der Waals surface area contributed by atoms with Gasteiger partial charge in [0.05, 0.1) is 0 Å². The summed E-state index contributed by atoms with van der Waals surface area (Å²) in [5, 5.41) is 0.657. The summed E-state index contributed by atoms with van der Waals surface area (Å²) in [6, 6.07) is 13.5. The van der Waals surface area contributed by atoms with Gasteiger partial charge in [-0.05, 0) is 48.7 Å². The van der Waals surface area contributed by atoms with Gasteiger partial charge in [-0.15, -0.1) is 0 Å². The number of ether oxygens (including phenoxy) is 1. The highest BCUT2D eigenvalue weighted by Crippen LogP contribution is 2.30. The molecule has 0 amide bonds. The Morgan fingerprint density at radius 1 is 1.25 bits per heavy atom. The highest BCUT2D eigenvalue weighted by Gasteiger charge is 2.10. The van der Waals surface area contributed by atoms with E-state index in [1.807, 2.05) is 36.4 Å². The zero-order valence-corrected chi connectivity index (χ0v) is 13.6. The van der Waals surface area contributed by atoms with Crippen LogP contribution in [0.2, 0.25) is 5.02 Å². The number of hydrogen-bond acceptors (Lipinski definition) is 2. The molecule has 2 aromatic rings. The zero-order chi connectivity index (χ0) is 14.5. The average Bonchev–Trinajstić information content (AvgIpc) is 2.41. The van der Waals surface area contributed by atoms with Crippen LogP contribution in [0, 0.1) is 0 Å². The van der Waals surface area contributed by atoms with E-state index in [2.05, 4.69) is 22.9 Å². The van der Waals surface area contributed by atoms with Crippen LogP contribution < -0.4 is 10.5 Å². The second-order valence-corrected chi connectivity index (χ2v) is 6.04. The third-order valence-corrected chi connectivity index (χ3v) is 3.79. The van der Waals surface area contributed by atoms with E-state index in [1.165, 1.54) is 0 Å². The van der Waals surface area contributed by atoms with Crippen molar-refractivity contribution in [1.29, 1.82) is 0 Å². The molecule has 2 nitrogen and oxygen atoms in total. The van der Waals surface area contributed by atoms with Gasteiger partial charge in [0.15, 0.2) is 0 Å². The molecule has 0 aliphatic heterocycles. The van der Waals surface area contributed by atoms with Crippen LogP contribution in [0.25, 0.3) is 0 Å². The van der Waals surface area contributed by atoms with Crippen LogP contribution in [-0.2, 0) is 6.42 Å². The van der Waals surface area contributed by atoms with Gasteiger partial charge in [0, 0.05) is 15.5 Å². The highest BCUT2D eigenvalue weighted by molar-refractivity contribution is 9.10. The SMILES string of the molecule is CCC(N)Cc1ccc(Br)cc1Oc1cccc(Cl)c1. The number of benzene rings is 2. The minimum absolute atomic E-state index is 0.137. The molecular weight excluding hydrogens is 338 g/mol. The molecule has 1 unspecified atom stereocenters. The number of hydrogen-bond donors (Lipinski definition) is 1. The Hall–Kier alpha value is -1.03. The summed E-state index contributed by atoms with van der Waals surface area (Å²) >= 11 is 9.45. The quantitative estimate of drug-likeness (QED) is 0.803. The standard InChI is InChI=1S/C16H17BrClNO/c1-2-14(19)8-11-6-7-12(17)9-16(11)20-15-5-3-4-13(18)10-15/h3-7,9-10,14H,2,8,19H2,1H3. The fourth-order valence-corrected chi connectivity index (χ4v) is 2.40. The Morgan fingerprint density at radius 3 is 2.75 bits per heavy atom. The molecule has 4 heteroatoms. The molecule has 2 rings (SSSR count). The highest BCUT2D eigenvalue weighted by atomic mass is 79.9. The normalized spacial score (nSPS) is 12.2. The van der Waals surface area contributed by atoms with Crippen LogP contribution in [0.5, 0.6) is 11.5 Å². The van der Waals surface area contributed by atoms with E-state index in [9.17, 15) is 0 Å². The Bertz CT molecular complexity index is 588. The summed E-state index contributed by atoms with van der Waals surface area (Å²) in [7, 11) is 0. The van der Waals surface area contributed by atoms with E-state index >= 15 is 0 Å². The average molecular weight is 355 g/mol. The summed E-state index contributed by atoms with van der Waals surface area (Å²) in [5.41, 5.74) is 7.14. The number of nitrogens with two attached hydrogens (primary N) is 1. The van der Waals surface area contributed by atoms with E-state index in [-0.39, 0.29) is 6.04 Å². The summed E-state index contributed by atoms with van der Waals surface area (Å²) in [6.07, 6.45) is 1.73. The molecule has 0 radical (unpaired) electrons. The largest absolute Gasteiger partial charge is 0.457 e. The van der Waals surface area contributed by atoms with E-state index in [0.717, 1.165) is 34.4 Å². The van der Waals surface area contributed by atoms with Crippen molar-refractivity contribution in [1.82, 2.24) is 0 Å². The van der Waals surface area contributed by atoms with E-state index < -0.39 is 0 Å². The Kier molecular flexibility index (Phi) is 5.46. The number of halogens is 2. The second kappa shape index (κ2) is 7.11. The van der Waals surface area contributed by atoms with Gasteiger partial charge in [0.25, 0.3) is 0 Å². The maximum Gasteiger partial charge on any atom is 0.131 e. The lowest BCUT2D eigenvalue weighted by atomic mass is 10.0. The van der Waals surface area contributed by atoms with Crippen LogP contribution in [-0.4, -0.2) is 6.04 Å². The molecule has 0 heterocycles. The van der Waals surface area contributed by atoms with E-state index in [0.29, 0.717) is 5.02 Å². The van der Waals surface area contributed by atoms with Crippen molar-refractivity contribution in [3.63, 3.8) is 0 Å². The van der Waals surface area contributed by atoms with Crippen LogP contribution in [0.4, 0.5) is 0 Å². The van der Waals surface area contributed by atoms with Crippen molar-refractivity contribution < 1.29 is 4.74 Å². The predicted molar refractivity (Wildman–Crippen MR) is 87.6 cm³/mol. The second-order valence-electron chi connectivity index (χ2n) is 4.68.